The minimum Gasteiger partial charge on any atom is -0.388 e. The van der Waals surface area contributed by atoms with Gasteiger partial charge in [0.15, 0.2) is 0 Å². The lowest BCUT2D eigenvalue weighted by Gasteiger charge is -2.57. The van der Waals surface area contributed by atoms with E-state index >= 15 is 0 Å². The molecular formula is C18H22Cl2O. The third-order valence-electron chi connectivity index (χ3n) is 6.12. The van der Waals surface area contributed by atoms with Crippen LogP contribution in [-0.4, -0.2) is 5.11 Å². The summed E-state index contributed by atoms with van der Waals surface area (Å²) in [4.78, 5) is 0. The molecule has 0 aliphatic heterocycles. The van der Waals surface area contributed by atoms with Crippen molar-refractivity contribution in [3.05, 3.63) is 33.8 Å². The highest BCUT2D eigenvalue weighted by Crippen LogP contribution is 2.62. The summed E-state index contributed by atoms with van der Waals surface area (Å²) >= 11 is 12.1. The van der Waals surface area contributed by atoms with Gasteiger partial charge in [-0.25, -0.2) is 0 Å². The van der Waals surface area contributed by atoms with E-state index in [9.17, 15) is 5.11 Å². The first kappa shape index (κ1) is 14.4. The third-order valence-corrected chi connectivity index (χ3v) is 6.86. The smallest absolute Gasteiger partial charge is 0.0795 e. The molecule has 0 aromatic heterocycles. The maximum Gasteiger partial charge on any atom is 0.0795 e. The molecule has 1 aromatic carbocycles. The topological polar surface area (TPSA) is 20.2 Å². The summed E-state index contributed by atoms with van der Waals surface area (Å²) in [6.07, 6.45) is 8.82. The summed E-state index contributed by atoms with van der Waals surface area (Å²) in [5.74, 6) is 2.78. The van der Waals surface area contributed by atoms with Gasteiger partial charge < -0.3 is 5.11 Å². The standard InChI is InChI=1S/C18H22Cl2O/c19-15-2-1-14(6-16(15)20)17(21)10-18-7-11-3-12(8-18)5-13(4-11)9-18/h1-2,6,11-13,17,21H,3-5,7-10H2. The molecule has 1 atom stereocenters. The molecular weight excluding hydrogens is 303 g/mol. The Morgan fingerprint density at radius 3 is 2.10 bits per heavy atom. The van der Waals surface area contributed by atoms with Crippen molar-refractivity contribution in [2.75, 3.05) is 0 Å². The minimum absolute atomic E-state index is 0.389. The zero-order chi connectivity index (χ0) is 14.6. The molecule has 3 heteroatoms. The van der Waals surface area contributed by atoms with Crippen LogP contribution in [0.5, 0.6) is 0 Å². The lowest BCUT2D eigenvalue weighted by Crippen LogP contribution is -2.46. The molecule has 5 rings (SSSR count). The molecule has 0 spiro atoms. The van der Waals surface area contributed by atoms with Crippen LogP contribution in [0.25, 0.3) is 0 Å². The van der Waals surface area contributed by atoms with Crippen LogP contribution in [0.3, 0.4) is 0 Å². The fraction of sp³-hybridized carbons (Fsp3) is 0.667. The first-order valence-corrected chi connectivity index (χ1v) is 8.92. The van der Waals surface area contributed by atoms with E-state index < -0.39 is 6.10 Å². The molecule has 0 heterocycles. The number of hydrogen-bond donors (Lipinski definition) is 1. The van der Waals surface area contributed by atoms with E-state index in [1.807, 2.05) is 12.1 Å². The van der Waals surface area contributed by atoms with Gasteiger partial charge in [0.25, 0.3) is 0 Å². The summed E-state index contributed by atoms with van der Waals surface area (Å²) < 4.78 is 0. The van der Waals surface area contributed by atoms with Crippen molar-refractivity contribution in [3.8, 4) is 0 Å². The van der Waals surface area contributed by atoms with Crippen molar-refractivity contribution >= 4 is 23.2 Å². The highest BCUT2D eigenvalue weighted by atomic mass is 35.5. The van der Waals surface area contributed by atoms with Crippen molar-refractivity contribution in [2.24, 2.45) is 23.2 Å². The second-order valence-electron chi connectivity index (χ2n) is 7.81. The molecule has 114 valence electrons. The Morgan fingerprint density at radius 1 is 1.00 bits per heavy atom. The maximum atomic E-state index is 10.7. The predicted octanol–water partition coefficient (Wildman–Crippen LogP) is 5.63. The van der Waals surface area contributed by atoms with E-state index in [4.69, 9.17) is 23.2 Å². The van der Waals surface area contributed by atoms with Gasteiger partial charge in [-0.1, -0.05) is 29.3 Å². The second kappa shape index (κ2) is 5.15. The van der Waals surface area contributed by atoms with E-state index in [1.165, 1.54) is 38.5 Å². The Hall–Kier alpha value is -0.240. The van der Waals surface area contributed by atoms with Crippen LogP contribution in [0.4, 0.5) is 0 Å². The lowest BCUT2D eigenvalue weighted by molar-refractivity contribution is -0.0764. The zero-order valence-corrected chi connectivity index (χ0v) is 13.7. The maximum absolute atomic E-state index is 10.7. The first-order valence-electron chi connectivity index (χ1n) is 8.16. The highest BCUT2D eigenvalue weighted by molar-refractivity contribution is 6.42. The average molecular weight is 325 g/mol. The average Bonchev–Trinajstić information content (AvgIpc) is 2.39. The van der Waals surface area contributed by atoms with Gasteiger partial charge in [-0.05, 0) is 85.8 Å². The van der Waals surface area contributed by atoms with Crippen LogP contribution in [0, 0.1) is 23.2 Å². The Kier molecular flexibility index (Phi) is 3.52. The van der Waals surface area contributed by atoms with Crippen molar-refractivity contribution in [1.82, 2.24) is 0 Å². The molecule has 0 saturated heterocycles. The van der Waals surface area contributed by atoms with Crippen molar-refractivity contribution in [2.45, 2.75) is 51.0 Å². The molecule has 4 aliphatic carbocycles. The van der Waals surface area contributed by atoms with Gasteiger partial charge in [-0.15, -0.1) is 0 Å². The van der Waals surface area contributed by atoms with Crippen LogP contribution in [0.2, 0.25) is 10.0 Å². The molecule has 1 unspecified atom stereocenters. The van der Waals surface area contributed by atoms with Crippen molar-refractivity contribution in [3.63, 3.8) is 0 Å². The van der Waals surface area contributed by atoms with E-state index in [-0.39, 0.29) is 0 Å². The van der Waals surface area contributed by atoms with Crippen LogP contribution in [0.1, 0.15) is 56.6 Å². The van der Waals surface area contributed by atoms with Crippen molar-refractivity contribution < 1.29 is 5.11 Å². The van der Waals surface area contributed by atoms with Crippen LogP contribution in [-0.2, 0) is 0 Å². The van der Waals surface area contributed by atoms with Gasteiger partial charge in [-0.3, -0.25) is 0 Å². The zero-order valence-electron chi connectivity index (χ0n) is 12.2. The van der Waals surface area contributed by atoms with Gasteiger partial charge >= 0.3 is 0 Å². The monoisotopic (exact) mass is 324 g/mol. The van der Waals surface area contributed by atoms with E-state index in [0.717, 1.165) is 29.7 Å². The Bertz CT molecular complexity index is 519. The normalized spacial score (nSPS) is 38.7. The van der Waals surface area contributed by atoms with Crippen LogP contribution < -0.4 is 0 Å². The van der Waals surface area contributed by atoms with Gasteiger partial charge in [0.2, 0.25) is 0 Å². The fourth-order valence-electron chi connectivity index (χ4n) is 5.79. The fourth-order valence-corrected chi connectivity index (χ4v) is 6.09. The number of benzene rings is 1. The molecule has 0 radical (unpaired) electrons. The van der Waals surface area contributed by atoms with E-state index in [0.29, 0.717) is 15.5 Å². The predicted molar refractivity (Wildman–Crippen MR) is 86.6 cm³/mol. The molecule has 0 amide bonds. The Balaban J connectivity index is 1.53. The van der Waals surface area contributed by atoms with Gasteiger partial charge in [-0.2, -0.15) is 0 Å². The first-order chi connectivity index (χ1) is 10.0. The molecule has 1 N–H and O–H groups in total. The SMILES string of the molecule is OC(CC12CC3CC(CC(C3)C1)C2)c1ccc(Cl)c(Cl)c1. The summed E-state index contributed by atoms with van der Waals surface area (Å²) in [5, 5.41) is 11.8. The second-order valence-corrected chi connectivity index (χ2v) is 8.63. The van der Waals surface area contributed by atoms with Gasteiger partial charge in [0.1, 0.15) is 0 Å². The van der Waals surface area contributed by atoms with Gasteiger partial charge in [0.05, 0.1) is 16.1 Å². The summed E-state index contributed by atoms with van der Waals surface area (Å²) in [7, 11) is 0. The number of aliphatic hydroxyl groups is 1. The molecule has 1 aromatic rings. The number of hydrogen-bond acceptors (Lipinski definition) is 1. The molecule has 4 bridgehead atoms. The Morgan fingerprint density at radius 2 is 1.57 bits per heavy atom. The third kappa shape index (κ3) is 2.62. The Labute approximate surface area is 136 Å². The van der Waals surface area contributed by atoms with Crippen LogP contribution >= 0.6 is 23.2 Å². The van der Waals surface area contributed by atoms with E-state index in [1.54, 1.807) is 6.07 Å². The van der Waals surface area contributed by atoms with Gasteiger partial charge in [0, 0.05) is 0 Å². The molecule has 1 nitrogen and oxygen atoms in total. The number of halogens is 2. The molecule has 4 fully saturated rings. The minimum atomic E-state index is -0.406. The molecule has 21 heavy (non-hydrogen) atoms. The van der Waals surface area contributed by atoms with Crippen LogP contribution in [0.15, 0.2) is 18.2 Å². The quantitative estimate of drug-likeness (QED) is 0.763. The summed E-state index contributed by atoms with van der Waals surface area (Å²) in [6, 6.07) is 5.54. The molecule has 4 saturated carbocycles. The largest absolute Gasteiger partial charge is 0.388 e. The molecule has 4 aliphatic rings. The summed E-state index contributed by atoms with van der Waals surface area (Å²) in [6.45, 7) is 0. The number of rotatable bonds is 3. The number of aliphatic hydroxyl groups excluding tert-OH is 1. The highest BCUT2D eigenvalue weighted by Gasteiger charge is 2.51. The summed E-state index contributed by atoms with van der Waals surface area (Å²) in [5.41, 5.74) is 1.31. The van der Waals surface area contributed by atoms with Crippen molar-refractivity contribution in [1.29, 1.82) is 0 Å². The van der Waals surface area contributed by atoms with E-state index in [2.05, 4.69) is 0 Å². The lowest BCUT2D eigenvalue weighted by atomic mass is 9.48.